The van der Waals surface area contributed by atoms with Gasteiger partial charge in [0, 0.05) is 16.7 Å². The minimum absolute atomic E-state index is 0.138. The van der Waals surface area contributed by atoms with E-state index in [-0.39, 0.29) is 5.91 Å². The van der Waals surface area contributed by atoms with Gasteiger partial charge >= 0.3 is 0 Å². The molecule has 2 rings (SSSR count). The van der Waals surface area contributed by atoms with Crippen LogP contribution in [0.3, 0.4) is 0 Å². The van der Waals surface area contributed by atoms with Crippen molar-refractivity contribution in [3.63, 3.8) is 0 Å². The van der Waals surface area contributed by atoms with Gasteiger partial charge in [-0.05, 0) is 44.5 Å². The van der Waals surface area contributed by atoms with E-state index in [9.17, 15) is 4.79 Å². The van der Waals surface area contributed by atoms with Crippen LogP contribution < -0.4 is 5.32 Å². The van der Waals surface area contributed by atoms with Crippen molar-refractivity contribution in [1.82, 2.24) is 10.2 Å². The number of rotatable bonds is 5. The van der Waals surface area contributed by atoms with Crippen LogP contribution >= 0.6 is 23.1 Å². The summed E-state index contributed by atoms with van der Waals surface area (Å²) in [5.41, 5.74) is 1.83. The second-order valence-electron chi connectivity index (χ2n) is 4.54. The van der Waals surface area contributed by atoms with Crippen LogP contribution in [0.4, 0.5) is 5.69 Å². The van der Waals surface area contributed by atoms with E-state index in [1.165, 1.54) is 6.08 Å². The van der Waals surface area contributed by atoms with Crippen LogP contribution in [0.25, 0.3) is 0 Å². The first-order valence-electron chi connectivity index (χ1n) is 6.77. The molecule has 0 atom stereocenters. The SMILES string of the molecule is CC=CC=CC(=O)Nc1ccc(Sc2nnc(C)s2)cc1C. The predicted molar refractivity (Wildman–Crippen MR) is 92.5 cm³/mol. The van der Waals surface area contributed by atoms with E-state index < -0.39 is 0 Å². The highest BCUT2D eigenvalue weighted by Crippen LogP contribution is 2.32. The Bertz CT molecular complexity index is 720. The minimum Gasteiger partial charge on any atom is -0.322 e. The summed E-state index contributed by atoms with van der Waals surface area (Å²) >= 11 is 3.15. The van der Waals surface area contributed by atoms with Gasteiger partial charge in [-0.25, -0.2) is 0 Å². The lowest BCUT2D eigenvalue weighted by molar-refractivity contribution is -0.111. The first-order chi connectivity index (χ1) is 10.6. The molecule has 0 fully saturated rings. The maximum absolute atomic E-state index is 11.8. The predicted octanol–water partition coefficient (Wildman–Crippen LogP) is 4.38. The van der Waals surface area contributed by atoms with Gasteiger partial charge in [0.15, 0.2) is 4.34 Å². The molecule has 0 saturated carbocycles. The third kappa shape index (κ3) is 4.82. The summed E-state index contributed by atoms with van der Waals surface area (Å²) < 4.78 is 0.919. The number of allylic oxidation sites excluding steroid dienone is 3. The highest BCUT2D eigenvalue weighted by Gasteiger charge is 2.06. The molecule has 1 N–H and O–H groups in total. The summed E-state index contributed by atoms with van der Waals surface area (Å²) in [7, 11) is 0. The van der Waals surface area contributed by atoms with E-state index in [0.717, 1.165) is 25.5 Å². The maximum atomic E-state index is 11.8. The number of benzene rings is 1. The highest BCUT2D eigenvalue weighted by atomic mass is 32.2. The number of aromatic nitrogens is 2. The van der Waals surface area contributed by atoms with Crippen LogP contribution in [-0.2, 0) is 4.79 Å². The molecule has 1 aromatic carbocycles. The summed E-state index contributed by atoms with van der Waals surface area (Å²) in [6, 6.07) is 5.92. The Balaban J connectivity index is 2.04. The van der Waals surface area contributed by atoms with Gasteiger partial charge in [0.25, 0.3) is 0 Å². The summed E-state index contributed by atoms with van der Waals surface area (Å²) in [4.78, 5) is 12.8. The van der Waals surface area contributed by atoms with Crippen molar-refractivity contribution in [3.8, 4) is 0 Å². The zero-order valence-electron chi connectivity index (χ0n) is 12.7. The second-order valence-corrected chi connectivity index (χ2v) is 7.04. The van der Waals surface area contributed by atoms with Crippen molar-refractivity contribution >= 4 is 34.7 Å². The average molecular weight is 331 g/mol. The number of carbonyl (C=O) groups excluding carboxylic acids is 1. The van der Waals surface area contributed by atoms with Gasteiger partial charge in [-0.1, -0.05) is 41.3 Å². The molecule has 6 heteroatoms. The lowest BCUT2D eigenvalue weighted by Crippen LogP contribution is -2.08. The first-order valence-corrected chi connectivity index (χ1v) is 8.40. The zero-order chi connectivity index (χ0) is 15.9. The number of hydrogen-bond acceptors (Lipinski definition) is 5. The molecule has 114 valence electrons. The van der Waals surface area contributed by atoms with Crippen LogP contribution in [0.15, 0.2) is 51.7 Å². The monoisotopic (exact) mass is 331 g/mol. The van der Waals surface area contributed by atoms with Crippen molar-refractivity contribution in [2.75, 3.05) is 5.32 Å². The van der Waals surface area contributed by atoms with E-state index in [1.807, 2.05) is 51.1 Å². The van der Waals surface area contributed by atoms with Crippen LogP contribution in [0.1, 0.15) is 17.5 Å². The molecule has 0 aliphatic carbocycles. The first kappa shape index (κ1) is 16.5. The third-order valence-electron chi connectivity index (χ3n) is 2.72. The average Bonchev–Trinajstić information content (AvgIpc) is 2.87. The lowest BCUT2D eigenvalue weighted by Gasteiger charge is -2.08. The lowest BCUT2D eigenvalue weighted by atomic mass is 10.2. The van der Waals surface area contributed by atoms with Crippen molar-refractivity contribution in [1.29, 1.82) is 0 Å². The minimum atomic E-state index is -0.138. The molecule has 0 bridgehead atoms. The molecule has 1 amide bonds. The van der Waals surface area contributed by atoms with Gasteiger partial charge in [0.1, 0.15) is 5.01 Å². The Morgan fingerprint density at radius 3 is 2.73 bits per heavy atom. The van der Waals surface area contributed by atoms with Gasteiger partial charge in [0.2, 0.25) is 5.91 Å². The molecule has 0 radical (unpaired) electrons. The van der Waals surface area contributed by atoms with Crippen molar-refractivity contribution in [3.05, 3.63) is 53.1 Å². The number of carbonyl (C=O) groups is 1. The van der Waals surface area contributed by atoms with E-state index in [2.05, 4.69) is 15.5 Å². The Labute approximate surface area is 138 Å². The summed E-state index contributed by atoms with van der Waals surface area (Å²) in [6.45, 7) is 5.82. The topological polar surface area (TPSA) is 54.9 Å². The fraction of sp³-hybridized carbons (Fsp3) is 0.188. The number of anilines is 1. The van der Waals surface area contributed by atoms with E-state index in [0.29, 0.717) is 0 Å². The third-order valence-corrected chi connectivity index (χ3v) is 4.60. The Morgan fingerprint density at radius 2 is 2.09 bits per heavy atom. The molecule has 0 spiro atoms. The quantitative estimate of drug-likeness (QED) is 0.652. The largest absolute Gasteiger partial charge is 0.322 e. The molecule has 1 heterocycles. The molecular weight excluding hydrogens is 314 g/mol. The Hall–Kier alpha value is -1.92. The van der Waals surface area contributed by atoms with Gasteiger partial charge in [-0.2, -0.15) is 0 Å². The number of nitrogens with one attached hydrogen (secondary N) is 1. The van der Waals surface area contributed by atoms with Crippen LogP contribution in [0.2, 0.25) is 0 Å². The summed E-state index contributed by atoms with van der Waals surface area (Å²) in [5.74, 6) is -0.138. The van der Waals surface area contributed by atoms with Gasteiger partial charge in [-0.15, -0.1) is 10.2 Å². The standard InChI is InChI=1S/C16H17N3OS2/c1-4-5-6-7-15(20)17-14-9-8-13(10-11(14)2)22-16-19-18-12(3)21-16/h4-10H,1-3H3,(H,17,20). The van der Waals surface area contributed by atoms with Crippen molar-refractivity contribution in [2.45, 2.75) is 30.0 Å². The van der Waals surface area contributed by atoms with Crippen LogP contribution in [0.5, 0.6) is 0 Å². The summed E-state index contributed by atoms with van der Waals surface area (Å²) in [6.07, 6.45) is 6.91. The van der Waals surface area contributed by atoms with Crippen LogP contribution in [0, 0.1) is 13.8 Å². The smallest absolute Gasteiger partial charge is 0.248 e. The number of aryl methyl sites for hydroxylation is 2. The second kappa shape index (κ2) is 7.91. The Morgan fingerprint density at radius 1 is 1.27 bits per heavy atom. The van der Waals surface area contributed by atoms with Crippen LogP contribution in [-0.4, -0.2) is 16.1 Å². The van der Waals surface area contributed by atoms with Crippen molar-refractivity contribution < 1.29 is 4.79 Å². The van der Waals surface area contributed by atoms with Gasteiger partial charge in [0.05, 0.1) is 0 Å². The molecule has 1 aromatic heterocycles. The number of nitrogens with zero attached hydrogens (tertiary/aromatic N) is 2. The van der Waals surface area contributed by atoms with Crippen molar-refractivity contribution in [2.24, 2.45) is 0 Å². The van der Waals surface area contributed by atoms with Gasteiger partial charge in [-0.3, -0.25) is 4.79 Å². The molecule has 22 heavy (non-hydrogen) atoms. The number of hydrogen-bond donors (Lipinski definition) is 1. The van der Waals surface area contributed by atoms with E-state index >= 15 is 0 Å². The normalized spacial score (nSPS) is 11.4. The number of amides is 1. The molecule has 2 aromatic rings. The molecule has 0 unspecified atom stereocenters. The Kier molecular flexibility index (Phi) is 5.91. The van der Waals surface area contributed by atoms with E-state index in [4.69, 9.17) is 0 Å². The molecule has 4 nitrogen and oxygen atoms in total. The molecular formula is C16H17N3OS2. The fourth-order valence-corrected chi connectivity index (χ4v) is 3.58. The fourth-order valence-electron chi connectivity index (χ4n) is 1.69. The maximum Gasteiger partial charge on any atom is 0.248 e. The molecule has 0 aliphatic heterocycles. The molecule has 0 saturated heterocycles. The summed E-state index contributed by atoms with van der Waals surface area (Å²) in [5, 5.41) is 11.9. The zero-order valence-corrected chi connectivity index (χ0v) is 14.3. The van der Waals surface area contributed by atoms with Gasteiger partial charge < -0.3 is 5.32 Å². The molecule has 0 aliphatic rings. The van der Waals surface area contributed by atoms with E-state index in [1.54, 1.807) is 29.2 Å². The highest BCUT2D eigenvalue weighted by molar-refractivity contribution is 8.01.